The number of phenols is 1. The van der Waals surface area contributed by atoms with Gasteiger partial charge in [-0.15, -0.1) is 0 Å². The maximum atomic E-state index is 10.4. The van der Waals surface area contributed by atoms with Crippen LogP contribution in [0.2, 0.25) is 0 Å². The monoisotopic (exact) mass is 495 g/mol. The number of hydrogen-bond acceptors (Lipinski definition) is 3. The Labute approximate surface area is 222 Å². The summed E-state index contributed by atoms with van der Waals surface area (Å²) >= 11 is 0. The van der Waals surface area contributed by atoms with Crippen molar-refractivity contribution in [2.75, 3.05) is 0 Å². The average Bonchev–Trinajstić information content (AvgIpc) is 3.30. The highest BCUT2D eigenvalue weighted by Gasteiger charge is 2.23. The van der Waals surface area contributed by atoms with Crippen molar-refractivity contribution in [1.82, 2.24) is 14.5 Å². The van der Waals surface area contributed by atoms with Crippen LogP contribution in [-0.2, 0) is 12.5 Å². The third-order valence-corrected chi connectivity index (χ3v) is 7.51. The highest BCUT2D eigenvalue weighted by atomic mass is 16.3. The van der Waals surface area contributed by atoms with Crippen LogP contribution in [0.4, 0.5) is 0 Å². The van der Waals surface area contributed by atoms with Gasteiger partial charge in [-0.25, -0.2) is 4.98 Å². The van der Waals surface area contributed by atoms with Gasteiger partial charge in [0.25, 0.3) is 0 Å². The summed E-state index contributed by atoms with van der Waals surface area (Å²) in [5.41, 5.74) is 9.05. The number of aromatic nitrogens is 3. The second-order valence-electron chi connectivity index (χ2n) is 10.2. The van der Waals surface area contributed by atoms with Gasteiger partial charge in [0, 0.05) is 29.8 Å². The molecule has 0 unspecified atom stereocenters. The maximum Gasteiger partial charge on any atom is 0.144 e. The summed E-state index contributed by atoms with van der Waals surface area (Å²) in [4.78, 5) is 9.83. The number of pyridine rings is 1. The third kappa shape index (κ3) is 4.04. The van der Waals surface area contributed by atoms with Gasteiger partial charge in [-0.2, -0.15) is 0 Å². The number of phenolic OH excluding ortho intramolecular Hbond substituents is 1. The predicted molar refractivity (Wildman–Crippen MR) is 155 cm³/mol. The molecular weight excluding hydrogens is 466 g/mol. The summed E-state index contributed by atoms with van der Waals surface area (Å²) in [7, 11) is 1.99. The molecule has 6 aromatic rings. The van der Waals surface area contributed by atoms with Gasteiger partial charge in [-0.05, 0) is 47.0 Å². The quantitative estimate of drug-likeness (QED) is 0.264. The van der Waals surface area contributed by atoms with Gasteiger partial charge in [0.1, 0.15) is 11.6 Å². The lowest BCUT2D eigenvalue weighted by atomic mass is 9.79. The van der Waals surface area contributed by atoms with Crippen LogP contribution in [0.15, 0.2) is 115 Å². The lowest BCUT2D eigenvalue weighted by Crippen LogP contribution is -2.18. The fraction of sp³-hybridized carbons (Fsp3) is 0.118. The molecule has 186 valence electrons. The number of hydrogen-bond donors (Lipinski definition) is 1. The Morgan fingerprint density at radius 1 is 0.684 bits per heavy atom. The molecule has 0 aliphatic carbocycles. The Morgan fingerprint density at radius 3 is 2.16 bits per heavy atom. The molecule has 4 heteroatoms. The minimum atomic E-state index is -0.131. The van der Waals surface area contributed by atoms with E-state index < -0.39 is 0 Å². The lowest BCUT2D eigenvalue weighted by Gasteiger charge is -2.25. The third-order valence-electron chi connectivity index (χ3n) is 7.51. The van der Waals surface area contributed by atoms with E-state index in [9.17, 15) is 5.11 Å². The van der Waals surface area contributed by atoms with Crippen LogP contribution in [-0.4, -0.2) is 19.6 Å². The van der Waals surface area contributed by atoms with Crippen LogP contribution >= 0.6 is 0 Å². The van der Waals surface area contributed by atoms with E-state index in [2.05, 4.69) is 92.7 Å². The molecule has 0 radical (unpaired) electrons. The molecule has 4 nitrogen and oxygen atoms in total. The highest BCUT2D eigenvalue weighted by Crippen LogP contribution is 2.36. The molecule has 0 saturated carbocycles. The number of rotatable bonds is 5. The van der Waals surface area contributed by atoms with Crippen LogP contribution < -0.4 is 0 Å². The topological polar surface area (TPSA) is 50.9 Å². The number of imidazole rings is 1. The molecule has 1 N–H and O–H groups in total. The SMILES string of the molecule is Cn1c(-c2ccccc2O)nc2c(-c3cccc(-c4ccc(C(C)(C)c5ccccc5)cn4)c3)cccc21. The highest BCUT2D eigenvalue weighted by molar-refractivity contribution is 5.95. The molecule has 0 saturated heterocycles. The number of para-hydroxylation sites is 2. The molecule has 0 amide bonds. The molecule has 2 aromatic heterocycles. The Morgan fingerprint density at radius 2 is 1.39 bits per heavy atom. The van der Waals surface area contributed by atoms with Crippen molar-refractivity contribution in [1.29, 1.82) is 0 Å². The summed E-state index contributed by atoms with van der Waals surface area (Å²) < 4.78 is 2.03. The molecule has 38 heavy (non-hydrogen) atoms. The van der Waals surface area contributed by atoms with Crippen molar-refractivity contribution >= 4 is 11.0 Å². The van der Waals surface area contributed by atoms with Crippen LogP contribution in [0.3, 0.4) is 0 Å². The number of aryl methyl sites for hydroxylation is 1. The van der Waals surface area contributed by atoms with Crippen molar-refractivity contribution in [2.45, 2.75) is 19.3 Å². The first kappa shape index (κ1) is 23.7. The van der Waals surface area contributed by atoms with Gasteiger partial charge in [-0.3, -0.25) is 4.98 Å². The van der Waals surface area contributed by atoms with E-state index in [1.54, 1.807) is 6.07 Å². The first-order valence-electron chi connectivity index (χ1n) is 12.8. The Kier molecular flexibility index (Phi) is 5.80. The van der Waals surface area contributed by atoms with Crippen LogP contribution in [0, 0.1) is 0 Å². The van der Waals surface area contributed by atoms with Crippen LogP contribution in [0.25, 0.3) is 44.8 Å². The zero-order valence-corrected chi connectivity index (χ0v) is 21.8. The largest absolute Gasteiger partial charge is 0.507 e. The van der Waals surface area contributed by atoms with Crippen molar-refractivity contribution in [3.63, 3.8) is 0 Å². The molecule has 6 rings (SSSR count). The van der Waals surface area contributed by atoms with E-state index in [4.69, 9.17) is 9.97 Å². The molecule has 0 aliphatic heterocycles. The second kappa shape index (κ2) is 9.31. The first-order chi connectivity index (χ1) is 18.4. The molecule has 0 aliphatic rings. The zero-order chi connectivity index (χ0) is 26.3. The molecule has 0 fully saturated rings. The summed E-state index contributed by atoms with van der Waals surface area (Å²) in [6.07, 6.45) is 1.99. The van der Waals surface area contributed by atoms with Crippen molar-refractivity contribution in [3.05, 3.63) is 127 Å². The van der Waals surface area contributed by atoms with E-state index >= 15 is 0 Å². The summed E-state index contributed by atoms with van der Waals surface area (Å²) in [5, 5.41) is 10.4. The van der Waals surface area contributed by atoms with Crippen molar-refractivity contribution in [3.8, 4) is 39.5 Å². The minimum Gasteiger partial charge on any atom is -0.507 e. The first-order valence-corrected chi connectivity index (χ1v) is 12.8. The van der Waals surface area contributed by atoms with Gasteiger partial charge in [0.15, 0.2) is 0 Å². The Hall–Kier alpha value is -4.70. The molecule has 0 atom stereocenters. The predicted octanol–water partition coefficient (Wildman–Crippen LogP) is 8.00. The van der Waals surface area contributed by atoms with E-state index in [0.717, 1.165) is 39.2 Å². The van der Waals surface area contributed by atoms with Crippen LogP contribution in [0.1, 0.15) is 25.0 Å². The summed E-state index contributed by atoms with van der Waals surface area (Å²) in [6.45, 7) is 4.47. The van der Waals surface area contributed by atoms with E-state index in [1.165, 1.54) is 11.1 Å². The Balaban J connectivity index is 1.38. The van der Waals surface area contributed by atoms with Gasteiger partial charge in [0.05, 0.1) is 22.3 Å². The lowest BCUT2D eigenvalue weighted by molar-refractivity contribution is 0.476. The Bertz CT molecular complexity index is 1750. The van der Waals surface area contributed by atoms with Gasteiger partial charge in [0.2, 0.25) is 0 Å². The molecular formula is C34H29N3O. The summed E-state index contributed by atoms with van der Waals surface area (Å²) in [5.74, 6) is 0.958. The number of aromatic hydroxyl groups is 1. The minimum absolute atomic E-state index is 0.131. The van der Waals surface area contributed by atoms with E-state index in [0.29, 0.717) is 5.56 Å². The van der Waals surface area contributed by atoms with Gasteiger partial charge in [-0.1, -0.05) is 92.7 Å². The maximum absolute atomic E-state index is 10.4. The average molecular weight is 496 g/mol. The standard InChI is InChI=1S/C34H29N3O/c1-34(2,25-13-5-4-6-14-25)26-19-20-29(35-22-26)24-12-9-11-23(21-24)27-16-10-17-30-32(27)36-33(37(30)3)28-15-7-8-18-31(28)38/h4-22,38H,1-3H3. The number of fused-ring (bicyclic) bond motifs is 1. The van der Waals surface area contributed by atoms with Gasteiger partial charge < -0.3 is 9.67 Å². The molecule has 4 aromatic carbocycles. The molecule has 0 bridgehead atoms. The fourth-order valence-electron chi connectivity index (χ4n) is 5.15. The zero-order valence-electron chi connectivity index (χ0n) is 21.8. The van der Waals surface area contributed by atoms with E-state index in [1.807, 2.05) is 42.1 Å². The van der Waals surface area contributed by atoms with E-state index in [-0.39, 0.29) is 11.2 Å². The smallest absolute Gasteiger partial charge is 0.144 e. The van der Waals surface area contributed by atoms with Crippen molar-refractivity contribution in [2.24, 2.45) is 7.05 Å². The normalized spacial score (nSPS) is 11.7. The van der Waals surface area contributed by atoms with Crippen molar-refractivity contribution < 1.29 is 5.11 Å². The fourth-order valence-corrected chi connectivity index (χ4v) is 5.15. The summed E-state index contributed by atoms with van der Waals surface area (Å²) in [6, 6.07) is 36.8. The van der Waals surface area contributed by atoms with Crippen LogP contribution in [0.5, 0.6) is 5.75 Å². The number of benzene rings is 4. The molecule has 0 spiro atoms. The van der Waals surface area contributed by atoms with Gasteiger partial charge >= 0.3 is 0 Å². The molecule has 2 heterocycles. The second-order valence-corrected chi connectivity index (χ2v) is 10.2. The number of nitrogens with zero attached hydrogens (tertiary/aromatic N) is 3.